The molecule has 1 fully saturated rings. The summed E-state index contributed by atoms with van der Waals surface area (Å²) in [7, 11) is -2.27. The Balaban J connectivity index is 2.32. The van der Waals surface area contributed by atoms with Gasteiger partial charge in [0.2, 0.25) is 10.0 Å². The van der Waals surface area contributed by atoms with Crippen molar-refractivity contribution in [1.29, 1.82) is 0 Å². The summed E-state index contributed by atoms with van der Waals surface area (Å²) in [6, 6.07) is 3.97. The molecule has 0 spiro atoms. The van der Waals surface area contributed by atoms with Crippen molar-refractivity contribution in [2.24, 2.45) is 11.7 Å². The molecule has 0 saturated heterocycles. The van der Waals surface area contributed by atoms with Gasteiger partial charge in [-0.2, -0.15) is 4.31 Å². The lowest BCUT2D eigenvalue weighted by Crippen LogP contribution is -2.40. The van der Waals surface area contributed by atoms with Crippen LogP contribution in [0.3, 0.4) is 0 Å². The van der Waals surface area contributed by atoms with E-state index in [0.29, 0.717) is 11.5 Å². The quantitative estimate of drug-likeness (QED) is 0.928. The van der Waals surface area contributed by atoms with Crippen molar-refractivity contribution in [3.8, 4) is 0 Å². The van der Waals surface area contributed by atoms with E-state index in [0.717, 1.165) is 25.7 Å². The van der Waals surface area contributed by atoms with Crippen molar-refractivity contribution in [3.63, 3.8) is 0 Å². The summed E-state index contributed by atoms with van der Waals surface area (Å²) in [5.74, 6) is -0.218. The molecule has 2 unspecified atom stereocenters. The summed E-state index contributed by atoms with van der Waals surface area (Å²) in [5, 5.41) is 0. The third-order valence-corrected chi connectivity index (χ3v) is 6.24. The van der Waals surface area contributed by atoms with Crippen LogP contribution in [0.4, 0.5) is 4.39 Å². The van der Waals surface area contributed by atoms with Gasteiger partial charge in [-0.05, 0) is 36.5 Å². The lowest BCUT2D eigenvalue weighted by molar-refractivity contribution is 0.238. The Labute approximate surface area is 126 Å². The molecule has 4 nitrogen and oxygen atoms in total. The zero-order chi connectivity index (χ0) is 15.6. The van der Waals surface area contributed by atoms with E-state index in [1.54, 1.807) is 7.05 Å². The van der Waals surface area contributed by atoms with Gasteiger partial charge in [0.25, 0.3) is 0 Å². The lowest BCUT2D eigenvalue weighted by Gasteiger charge is -2.33. The molecule has 2 N–H and O–H groups in total. The summed E-state index contributed by atoms with van der Waals surface area (Å²) in [4.78, 5) is -0.272. The SMILES string of the molecule is CC1CCCC(N(C)S(=O)(=O)c2cc(CN)ccc2F)C1. The summed E-state index contributed by atoms with van der Waals surface area (Å²) < 4.78 is 40.6. The average molecular weight is 314 g/mol. The second-order valence-electron chi connectivity index (χ2n) is 5.92. The number of nitrogens with two attached hydrogens (primary N) is 1. The van der Waals surface area contributed by atoms with Gasteiger partial charge in [0.1, 0.15) is 10.7 Å². The lowest BCUT2D eigenvalue weighted by atomic mass is 9.87. The topological polar surface area (TPSA) is 63.4 Å². The average Bonchev–Trinajstić information content (AvgIpc) is 2.46. The Kier molecular flexibility index (Phi) is 5.01. The molecule has 1 aromatic rings. The summed E-state index contributed by atoms with van der Waals surface area (Å²) >= 11 is 0. The maximum absolute atomic E-state index is 14.0. The summed E-state index contributed by atoms with van der Waals surface area (Å²) in [6.45, 7) is 2.31. The molecule has 1 aromatic carbocycles. The number of hydrogen-bond donors (Lipinski definition) is 1. The van der Waals surface area contributed by atoms with Crippen LogP contribution in [0, 0.1) is 11.7 Å². The number of hydrogen-bond acceptors (Lipinski definition) is 3. The molecule has 0 aliphatic heterocycles. The first kappa shape index (κ1) is 16.4. The molecule has 1 aliphatic carbocycles. The maximum atomic E-state index is 14.0. The van der Waals surface area contributed by atoms with E-state index >= 15 is 0 Å². The van der Waals surface area contributed by atoms with E-state index in [2.05, 4.69) is 6.92 Å². The largest absolute Gasteiger partial charge is 0.326 e. The van der Waals surface area contributed by atoms with Gasteiger partial charge in [-0.15, -0.1) is 0 Å². The van der Waals surface area contributed by atoms with Gasteiger partial charge in [-0.25, -0.2) is 12.8 Å². The van der Waals surface area contributed by atoms with Gasteiger partial charge in [-0.1, -0.05) is 25.8 Å². The molecule has 1 saturated carbocycles. The Bertz CT molecular complexity index is 604. The third-order valence-electron chi connectivity index (χ3n) is 4.31. The maximum Gasteiger partial charge on any atom is 0.245 e. The van der Waals surface area contributed by atoms with Crippen LogP contribution >= 0.6 is 0 Å². The van der Waals surface area contributed by atoms with Crippen molar-refractivity contribution in [2.75, 3.05) is 7.05 Å². The van der Waals surface area contributed by atoms with Crippen molar-refractivity contribution in [3.05, 3.63) is 29.6 Å². The molecule has 0 aromatic heterocycles. The molecule has 0 amide bonds. The molecule has 2 rings (SSSR count). The van der Waals surface area contributed by atoms with E-state index < -0.39 is 15.8 Å². The van der Waals surface area contributed by atoms with Crippen LogP contribution in [-0.2, 0) is 16.6 Å². The molecule has 1 aliphatic rings. The fraction of sp³-hybridized carbons (Fsp3) is 0.600. The number of halogens is 1. The predicted octanol–water partition coefficient (Wildman–Crippen LogP) is 2.48. The summed E-state index contributed by atoms with van der Waals surface area (Å²) in [5.41, 5.74) is 6.13. The minimum absolute atomic E-state index is 0.0558. The third kappa shape index (κ3) is 3.44. The standard InChI is InChI=1S/C15H23FN2O2S/c1-11-4-3-5-13(8-11)18(2)21(19,20)15-9-12(10-17)6-7-14(15)16/h6-7,9,11,13H,3-5,8,10,17H2,1-2H3. The molecule has 118 valence electrons. The van der Waals surface area contributed by atoms with Gasteiger partial charge in [0, 0.05) is 19.6 Å². The van der Waals surface area contributed by atoms with Gasteiger partial charge in [0.05, 0.1) is 0 Å². The van der Waals surface area contributed by atoms with Gasteiger partial charge in [-0.3, -0.25) is 0 Å². The fourth-order valence-corrected chi connectivity index (χ4v) is 4.47. The second-order valence-corrected chi connectivity index (χ2v) is 7.88. The normalized spacial score (nSPS) is 23.5. The Morgan fingerprint density at radius 2 is 2.10 bits per heavy atom. The zero-order valence-corrected chi connectivity index (χ0v) is 13.4. The predicted molar refractivity (Wildman–Crippen MR) is 80.7 cm³/mol. The number of nitrogens with zero attached hydrogens (tertiary/aromatic N) is 1. The molecular formula is C15H23FN2O2S. The molecular weight excluding hydrogens is 291 g/mol. The van der Waals surface area contributed by atoms with Crippen LogP contribution < -0.4 is 5.73 Å². The minimum Gasteiger partial charge on any atom is -0.326 e. The van der Waals surface area contributed by atoms with Gasteiger partial charge in [0.15, 0.2) is 0 Å². The van der Waals surface area contributed by atoms with E-state index in [1.165, 1.54) is 22.5 Å². The van der Waals surface area contributed by atoms with E-state index in [1.807, 2.05) is 0 Å². The van der Waals surface area contributed by atoms with Crippen LogP contribution in [0.5, 0.6) is 0 Å². The molecule has 0 bridgehead atoms. The van der Waals surface area contributed by atoms with Crippen LogP contribution in [0.1, 0.15) is 38.2 Å². The van der Waals surface area contributed by atoms with Gasteiger partial charge >= 0.3 is 0 Å². The number of rotatable bonds is 4. The summed E-state index contributed by atoms with van der Waals surface area (Å²) in [6.07, 6.45) is 3.80. The van der Waals surface area contributed by atoms with Crippen molar-refractivity contribution < 1.29 is 12.8 Å². The second kappa shape index (κ2) is 6.42. The molecule has 21 heavy (non-hydrogen) atoms. The van der Waals surface area contributed by atoms with Crippen molar-refractivity contribution in [1.82, 2.24) is 4.31 Å². The fourth-order valence-electron chi connectivity index (χ4n) is 2.96. The molecule has 6 heteroatoms. The zero-order valence-electron chi connectivity index (χ0n) is 12.5. The highest BCUT2D eigenvalue weighted by molar-refractivity contribution is 7.89. The van der Waals surface area contributed by atoms with Crippen LogP contribution in [0.25, 0.3) is 0 Å². The van der Waals surface area contributed by atoms with E-state index in [4.69, 9.17) is 5.73 Å². The van der Waals surface area contributed by atoms with Gasteiger partial charge < -0.3 is 5.73 Å². The Morgan fingerprint density at radius 1 is 1.38 bits per heavy atom. The first-order valence-electron chi connectivity index (χ1n) is 7.32. The van der Waals surface area contributed by atoms with E-state index in [-0.39, 0.29) is 17.5 Å². The Hall–Kier alpha value is -0.980. The Morgan fingerprint density at radius 3 is 2.71 bits per heavy atom. The first-order chi connectivity index (χ1) is 9.86. The molecule has 0 radical (unpaired) electrons. The van der Waals surface area contributed by atoms with Crippen LogP contribution in [0.2, 0.25) is 0 Å². The number of benzene rings is 1. The monoisotopic (exact) mass is 314 g/mol. The minimum atomic E-state index is -3.82. The first-order valence-corrected chi connectivity index (χ1v) is 8.76. The highest BCUT2D eigenvalue weighted by Crippen LogP contribution is 2.30. The van der Waals surface area contributed by atoms with Crippen LogP contribution in [0.15, 0.2) is 23.1 Å². The van der Waals surface area contributed by atoms with Crippen LogP contribution in [-0.4, -0.2) is 25.8 Å². The van der Waals surface area contributed by atoms with Crippen molar-refractivity contribution in [2.45, 2.75) is 50.1 Å². The van der Waals surface area contributed by atoms with Crippen molar-refractivity contribution >= 4 is 10.0 Å². The molecule has 2 atom stereocenters. The number of sulfonamides is 1. The van der Waals surface area contributed by atoms with E-state index in [9.17, 15) is 12.8 Å². The molecule has 0 heterocycles. The smallest absolute Gasteiger partial charge is 0.245 e. The highest BCUT2D eigenvalue weighted by Gasteiger charge is 2.32. The highest BCUT2D eigenvalue weighted by atomic mass is 32.2.